The fraction of sp³-hybridized carbons (Fsp3) is 0.0645. The third-order valence-electron chi connectivity index (χ3n) is 6.26. The Kier molecular flexibility index (Phi) is 6.46. The van der Waals surface area contributed by atoms with Crippen molar-refractivity contribution < 1.29 is 13.9 Å². The van der Waals surface area contributed by atoms with Crippen molar-refractivity contribution in [2.24, 2.45) is 4.99 Å². The molecule has 6 rings (SSSR count). The Morgan fingerprint density at radius 1 is 0.947 bits per heavy atom. The van der Waals surface area contributed by atoms with Crippen LogP contribution in [0.25, 0.3) is 11.1 Å². The number of fused-ring (bicyclic) bond motifs is 1. The number of benzene rings is 3. The number of carbonyl (C=O) groups is 1. The van der Waals surface area contributed by atoms with Gasteiger partial charge in [0.1, 0.15) is 12.4 Å². The molecule has 6 nitrogen and oxygen atoms in total. The zero-order valence-electron chi connectivity index (χ0n) is 20.2. The number of anilines is 1. The van der Waals surface area contributed by atoms with E-state index < -0.39 is 0 Å². The van der Waals surface area contributed by atoms with Gasteiger partial charge in [-0.3, -0.25) is 4.79 Å². The second-order valence-corrected chi connectivity index (χ2v) is 9.27. The summed E-state index contributed by atoms with van der Waals surface area (Å²) in [6.07, 6.45) is 3.87. The Morgan fingerprint density at radius 2 is 1.79 bits per heavy atom. The molecular formula is C31H22ClN3O3. The molecular weight excluding hydrogens is 498 g/mol. The summed E-state index contributed by atoms with van der Waals surface area (Å²) < 4.78 is 11.1. The molecule has 2 aromatic heterocycles. The van der Waals surface area contributed by atoms with Crippen LogP contribution in [0.3, 0.4) is 0 Å². The molecule has 0 aliphatic carbocycles. The number of nitrogens with one attached hydrogen (secondary N) is 1. The smallest absolute Gasteiger partial charge is 0.291 e. The van der Waals surface area contributed by atoms with Crippen molar-refractivity contribution in [3.8, 4) is 16.9 Å². The summed E-state index contributed by atoms with van der Waals surface area (Å²) in [4.78, 5) is 21.7. The van der Waals surface area contributed by atoms with Crippen molar-refractivity contribution in [1.82, 2.24) is 4.98 Å². The van der Waals surface area contributed by atoms with E-state index in [2.05, 4.69) is 16.4 Å². The number of halogens is 1. The van der Waals surface area contributed by atoms with Gasteiger partial charge in [-0.05, 0) is 59.7 Å². The largest absolute Gasteiger partial charge is 0.489 e. The molecule has 5 aromatic rings. The van der Waals surface area contributed by atoms with E-state index in [0.717, 1.165) is 39.3 Å². The summed E-state index contributed by atoms with van der Waals surface area (Å²) in [7, 11) is 0. The normalized spacial score (nSPS) is 12.1. The molecule has 0 fully saturated rings. The molecule has 38 heavy (non-hydrogen) atoms. The average Bonchev–Trinajstić information content (AvgIpc) is 3.64. The molecule has 0 radical (unpaired) electrons. The minimum absolute atomic E-state index is 0.236. The van der Waals surface area contributed by atoms with Gasteiger partial charge in [0.05, 0.1) is 12.0 Å². The Labute approximate surface area is 224 Å². The molecule has 3 heterocycles. The van der Waals surface area contributed by atoms with E-state index in [-0.39, 0.29) is 11.7 Å². The van der Waals surface area contributed by atoms with Crippen LogP contribution in [0.15, 0.2) is 113 Å². The molecule has 1 N–H and O–H groups in total. The first-order chi connectivity index (χ1) is 18.6. The van der Waals surface area contributed by atoms with Crippen LogP contribution in [0.4, 0.5) is 11.5 Å². The van der Waals surface area contributed by atoms with Crippen molar-refractivity contribution in [2.45, 2.75) is 13.0 Å². The molecule has 0 bridgehead atoms. The fourth-order valence-electron chi connectivity index (χ4n) is 4.30. The Bertz CT molecular complexity index is 1630. The number of amides is 1. The van der Waals surface area contributed by atoms with Crippen LogP contribution in [0.5, 0.6) is 5.75 Å². The van der Waals surface area contributed by atoms with Gasteiger partial charge in [-0.15, -0.1) is 0 Å². The monoisotopic (exact) mass is 519 g/mol. The number of furan rings is 1. The van der Waals surface area contributed by atoms with Crippen LogP contribution in [0.1, 0.15) is 27.2 Å². The number of hydrogen-bond acceptors (Lipinski definition) is 5. The van der Waals surface area contributed by atoms with Crippen LogP contribution in [-0.4, -0.2) is 16.6 Å². The quantitative estimate of drug-likeness (QED) is 0.241. The number of hydrogen-bond donors (Lipinski definition) is 1. The molecule has 0 saturated carbocycles. The predicted molar refractivity (Wildman–Crippen MR) is 148 cm³/mol. The Hall–Kier alpha value is -4.68. The molecule has 0 atom stereocenters. The summed E-state index contributed by atoms with van der Waals surface area (Å²) in [5.74, 6) is 1.39. The van der Waals surface area contributed by atoms with Gasteiger partial charge in [0, 0.05) is 40.0 Å². The molecule has 1 aliphatic heterocycles. The number of carbonyl (C=O) groups excluding carboxylic acids is 1. The zero-order valence-corrected chi connectivity index (χ0v) is 21.0. The minimum atomic E-state index is -0.331. The van der Waals surface area contributed by atoms with E-state index in [1.165, 1.54) is 6.26 Å². The molecule has 3 aromatic carbocycles. The molecule has 0 unspecified atom stereocenters. The van der Waals surface area contributed by atoms with E-state index in [9.17, 15) is 4.79 Å². The summed E-state index contributed by atoms with van der Waals surface area (Å²) in [5, 5.41) is 3.39. The maximum atomic E-state index is 12.4. The lowest BCUT2D eigenvalue weighted by Gasteiger charge is -2.09. The van der Waals surface area contributed by atoms with Crippen molar-refractivity contribution in [3.63, 3.8) is 0 Å². The number of pyridine rings is 1. The maximum Gasteiger partial charge on any atom is 0.291 e. The summed E-state index contributed by atoms with van der Waals surface area (Å²) in [6, 6.07) is 28.8. The van der Waals surface area contributed by atoms with Crippen molar-refractivity contribution in [1.29, 1.82) is 0 Å². The summed E-state index contributed by atoms with van der Waals surface area (Å²) in [6.45, 7) is 0.525. The highest BCUT2D eigenvalue weighted by Gasteiger charge is 2.21. The highest BCUT2D eigenvalue weighted by Crippen LogP contribution is 2.33. The summed E-state index contributed by atoms with van der Waals surface area (Å²) in [5.41, 5.74) is 6.34. The average molecular weight is 520 g/mol. The number of aliphatic imine (C=N–C) groups is 1. The van der Waals surface area contributed by atoms with E-state index in [1.54, 1.807) is 24.3 Å². The second kappa shape index (κ2) is 10.4. The van der Waals surface area contributed by atoms with Crippen LogP contribution < -0.4 is 10.1 Å². The van der Waals surface area contributed by atoms with Gasteiger partial charge in [-0.25, -0.2) is 9.98 Å². The minimum Gasteiger partial charge on any atom is -0.489 e. The van der Waals surface area contributed by atoms with Crippen LogP contribution in [-0.2, 0) is 13.0 Å². The Balaban J connectivity index is 1.15. The molecule has 0 saturated heterocycles. The lowest BCUT2D eigenvalue weighted by molar-refractivity contribution is 0.0996. The highest BCUT2D eigenvalue weighted by atomic mass is 35.5. The van der Waals surface area contributed by atoms with Crippen molar-refractivity contribution >= 4 is 34.7 Å². The number of aromatic nitrogens is 1. The van der Waals surface area contributed by atoms with Crippen molar-refractivity contribution in [2.75, 3.05) is 5.32 Å². The predicted octanol–water partition coefficient (Wildman–Crippen LogP) is 7.50. The van der Waals surface area contributed by atoms with E-state index in [4.69, 9.17) is 25.7 Å². The first-order valence-electron chi connectivity index (χ1n) is 12.1. The van der Waals surface area contributed by atoms with Gasteiger partial charge >= 0.3 is 0 Å². The maximum absolute atomic E-state index is 12.4. The first kappa shape index (κ1) is 23.7. The molecule has 0 spiro atoms. The number of ether oxygens (including phenoxy) is 1. The van der Waals surface area contributed by atoms with Gasteiger partial charge < -0.3 is 14.5 Å². The van der Waals surface area contributed by atoms with Crippen LogP contribution >= 0.6 is 11.6 Å². The Morgan fingerprint density at radius 3 is 2.58 bits per heavy atom. The molecule has 1 amide bonds. The van der Waals surface area contributed by atoms with Crippen LogP contribution in [0, 0.1) is 0 Å². The molecule has 7 heteroatoms. The van der Waals surface area contributed by atoms with E-state index >= 15 is 0 Å². The molecule has 186 valence electrons. The van der Waals surface area contributed by atoms with Gasteiger partial charge in [-0.2, -0.15) is 0 Å². The van der Waals surface area contributed by atoms with E-state index in [1.807, 2.05) is 66.9 Å². The van der Waals surface area contributed by atoms with E-state index in [0.29, 0.717) is 29.6 Å². The fourth-order valence-corrected chi connectivity index (χ4v) is 4.53. The number of nitrogens with zero attached hydrogens (tertiary/aromatic N) is 2. The lowest BCUT2D eigenvalue weighted by Crippen LogP contribution is -2.11. The topological polar surface area (TPSA) is 76.7 Å². The molecule has 1 aliphatic rings. The standard InChI is InChI=1S/C31H22ClN3O3/c32-27-13-10-24(34-31(36)29-7-4-14-37-29)17-26(27)28-16-22-15-23(18-33-30(22)35-28)21-8-11-25(12-9-21)38-19-20-5-2-1-3-6-20/h1-15,17-18H,16,19H2,(H,34,36). The number of rotatable bonds is 7. The first-order valence-corrected chi connectivity index (χ1v) is 12.5. The van der Waals surface area contributed by atoms with Crippen LogP contribution in [0.2, 0.25) is 5.02 Å². The zero-order chi connectivity index (χ0) is 25.9. The van der Waals surface area contributed by atoms with Crippen molar-refractivity contribution in [3.05, 3.63) is 131 Å². The van der Waals surface area contributed by atoms with Gasteiger partial charge in [-0.1, -0.05) is 54.1 Å². The summed E-state index contributed by atoms with van der Waals surface area (Å²) >= 11 is 6.52. The van der Waals surface area contributed by atoms with Gasteiger partial charge in [0.2, 0.25) is 0 Å². The third kappa shape index (κ3) is 5.08. The third-order valence-corrected chi connectivity index (χ3v) is 6.59. The highest BCUT2D eigenvalue weighted by molar-refractivity contribution is 6.34. The lowest BCUT2D eigenvalue weighted by atomic mass is 10.0. The SMILES string of the molecule is O=C(Nc1ccc(Cl)c(C2=Nc3ncc(-c4ccc(OCc5ccccc5)cc4)cc3C2)c1)c1ccco1. The second-order valence-electron chi connectivity index (χ2n) is 8.87. The van der Waals surface area contributed by atoms with Gasteiger partial charge in [0.15, 0.2) is 11.6 Å². The van der Waals surface area contributed by atoms with Gasteiger partial charge in [0.25, 0.3) is 5.91 Å².